The first-order valence-corrected chi connectivity index (χ1v) is 6.28. The van der Waals surface area contributed by atoms with Crippen LogP contribution in [0, 0.1) is 0 Å². The van der Waals surface area contributed by atoms with Crippen LogP contribution in [0.15, 0.2) is 0 Å². The molecule has 2 heterocycles. The van der Waals surface area contributed by atoms with Crippen molar-refractivity contribution in [3.05, 3.63) is 0 Å². The van der Waals surface area contributed by atoms with Gasteiger partial charge in [0, 0.05) is 6.42 Å². The Morgan fingerprint density at radius 2 is 1.92 bits per heavy atom. The molecule has 2 saturated heterocycles. The second kappa shape index (κ2) is 3.22. The molecule has 0 aromatic carbocycles. The monoisotopic (exact) mass is 190 g/mol. The third-order valence-corrected chi connectivity index (χ3v) is 4.97. The highest BCUT2D eigenvalue weighted by Crippen LogP contribution is 2.52. The lowest BCUT2D eigenvalue weighted by Crippen LogP contribution is -2.43. The van der Waals surface area contributed by atoms with Gasteiger partial charge in [0.25, 0.3) is 0 Å². The highest BCUT2D eigenvalue weighted by Gasteiger charge is 2.39. The Kier molecular flexibility index (Phi) is 2.39. The van der Waals surface area contributed by atoms with Crippen LogP contribution in [0.25, 0.3) is 0 Å². The van der Waals surface area contributed by atoms with Gasteiger partial charge in [0.15, 0.2) is 12.6 Å². The largest absolute Gasteiger partial charge is 0.345 e. The van der Waals surface area contributed by atoms with Crippen molar-refractivity contribution in [3.63, 3.8) is 0 Å². The Bertz CT molecular complexity index is 172. The second-order valence-electron chi connectivity index (χ2n) is 3.36. The molecule has 5 unspecified atom stereocenters. The van der Waals surface area contributed by atoms with Crippen LogP contribution in [0.1, 0.15) is 20.3 Å². The van der Waals surface area contributed by atoms with E-state index in [0.29, 0.717) is 11.7 Å². The highest BCUT2D eigenvalue weighted by atomic mass is 31.1. The summed E-state index contributed by atoms with van der Waals surface area (Å²) in [7, 11) is -0.143. The Morgan fingerprint density at radius 3 is 2.67 bits per heavy atom. The van der Waals surface area contributed by atoms with Gasteiger partial charge in [-0.15, -0.1) is 0 Å². The van der Waals surface area contributed by atoms with Gasteiger partial charge < -0.3 is 14.2 Å². The summed E-state index contributed by atoms with van der Waals surface area (Å²) < 4.78 is 16.8. The lowest BCUT2D eigenvalue weighted by atomic mass is 10.4. The van der Waals surface area contributed by atoms with Crippen LogP contribution in [-0.4, -0.2) is 30.9 Å². The second-order valence-corrected chi connectivity index (χ2v) is 5.99. The van der Waals surface area contributed by atoms with Crippen molar-refractivity contribution in [2.75, 3.05) is 6.66 Å². The van der Waals surface area contributed by atoms with Crippen molar-refractivity contribution in [2.24, 2.45) is 0 Å². The average Bonchev–Trinajstić information content (AvgIpc) is 1.99. The summed E-state index contributed by atoms with van der Waals surface area (Å²) >= 11 is 0. The van der Waals surface area contributed by atoms with Gasteiger partial charge in [0.2, 0.25) is 0 Å². The summed E-state index contributed by atoms with van der Waals surface area (Å²) in [6.07, 6.45) is 0.801. The minimum absolute atomic E-state index is 0.0209. The van der Waals surface area contributed by atoms with Crippen LogP contribution in [0.4, 0.5) is 0 Å². The van der Waals surface area contributed by atoms with Gasteiger partial charge in [-0.05, 0) is 28.4 Å². The van der Waals surface area contributed by atoms with Crippen LogP contribution in [0.5, 0.6) is 0 Å². The topological polar surface area (TPSA) is 27.7 Å². The molecule has 4 heteroatoms. The van der Waals surface area contributed by atoms with E-state index in [-0.39, 0.29) is 20.5 Å². The lowest BCUT2D eigenvalue weighted by Gasteiger charge is -2.44. The third-order valence-electron chi connectivity index (χ3n) is 2.46. The van der Waals surface area contributed by atoms with Gasteiger partial charge in [0.05, 0.1) is 11.7 Å². The van der Waals surface area contributed by atoms with Gasteiger partial charge >= 0.3 is 0 Å². The fourth-order valence-electron chi connectivity index (χ4n) is 1.64. The summed E-state index contributed by atoms with van der Waals surface area (Å²) in [5.41, 5.74) is 0. The van der Waals surface area contributed by atoms with Crippen LogP contribution in [0.3, 0.4) is 0 Å². The molecule has 0 saturated carbocycles. The molecule has 2 aliphatic rings. The summed E-state index contributed by atoms with van der Waals surface area (Å²) in [5.74, 6) is 0.703. The molecular weight excluding hydrogens is 175 g/mol. The summed E-state index contributed by atoms with van der Waals surface area (Å²) in [4.78, 5) is 0. The van der Waals surface area contributed by atoms with Crippen LogP contribution in [0.2, 0.25) is 0 Å². The van der Waals surface area contributed by atoms with E-state index >= 15 is 0 Å². The smallest absolute Gasteiger partial charge is 0.164 e. The normalized spacial score (nSPS) is 53.8. The molecule has 2 bridgehead atoms. The lowest BCUT2D eigenvalue weighted by molar-refractivity contribution is -0.298. The fraction of sp³-hybridized carbons (Fsp3) is 1.00. The Hall–Kier alpha value is 0.310. The van der Waals surface area contributed by atoms with E-state index in [9.17, 15) is 0 Å². The minimum Gasteiger partial charge on any atom is -0.345 e. The summed E-state index contributed by atoms with van der Waals surface area (Å²) in [6.45, 7) is 6.27. The molecule has 0 aromatic heterocycles. The molecule has 0 aliphatic carbocycles. The molecule has 12 heavy (non-hydrogen) atoms. The van der Waals surface area contributed by atoms with Gasteiger partial charge in [-0.25, -0.2) is 0 Å². The van der Waals surface area contributed by atoms with E-state index in [1.165, 1.54) is 0 Å². The number of ether oxygens (including phenoxy) is 3. The Morgan fingerprint density at radius 1 is 1.17 bits per heavy atom. The quantitative estimate of drug-likeness (QED) is 0.546. The van der Waals surface area contributed by atoms with Crippen LogP contribution < -0.4 is 0 Å². The van der Waals surface area contributed by atoms with Crippen molar-refractivity contribution in [2.45, 2.75) is 44.5 Å². The standard InChI is InChI=1S/C8H15O3P/c1-5-9-7-4-8(10-5)12(3)6(2)11-7/h5-8H,4H2,1-3H3. The molecule has 0 aromatic rings. The van der Waals surface area contributed by atoms with Gasteiger partial charge in [-0.1, -0.05) is 0 Å². The highest BCUT2D eigenvalue weighted by molar-refractivity contribution is 7.58. The summed E-state index contributed by atoms with van der Waals surface area (Å²) in [5, 5.41) is 0. The maximum atomic E-state index is 5.67. The van der Waals surface area contributed by atoms with Gasteiger partial charge in [-0.3, -0.25) is 0 Å². The number of rotatable bonds is 0. The van der Waals surface area contributed by atoms with Gasteiger partial charge in [0.1, 0.15) is 0 Å². The zero-order valence-electron chi connectivity index (χ0n) is 7.69. The molecule has 5 atom stereocenters. The van der Waals surface area contributed by atoms with E-state index in [4.69, 9.17) is 14.2 Å². The number of hydrogen-bond acceptors (Lipinski definition) is 3. The van der Waals surface area contributed by atoms with Crippen molar-refractivity contribution < 1.29 is 14.2 Å². The van der Waals surface area contributed by atoms with Crippen molar-refractivity contribution >= 4 is 7.92 Å². The molecular formula is C8H15O3P. The number of hydrogen-bond donors (Lipinski definition) is 0. The van der Waals surface area contributed by atoms with Crippen molar-refractivity contribution in [1.29, 1.82) is 0 Å². The van der Waals surface area contributed by atoms with Crippen LogP contribution >= 0.6 is 7.92 Å². The zero-order chi connectivity index (χ0) is 8.72. The third kappa shape index (κ3) is 1.51. The van der Waals surface area contributed by atoms with Crippen molar-refractivity contribution in [3.8, 4) is 0 Å². The molecule has 2 fully saturated rings. The predicted molar refractivity (Wildman–Crippen MR) is 47.2 cm³/mol. The first kappa shape index (κ1) is 8.89. The molecule has 3 nitrogen and oxygen atoms in total. The number of fused-ring (bicyclic) bond motifs is 2. The van der Waals surface area contributed by atoms with Crippen molar-refractivity contribution in [1.82, 2.24) is 0 Å². The van der Waals surface area contributed by atoms with E-state index in [1.54, 1.807) is 0 Å². The molecule has 2 aliphatic heterocycles. The Balaban J connectivity index is 2.07. The van der Waals surface area contributed by atoms with E-state index < -0.39 is 0 Å². The maximum absolute atomic E-state index is 5.67. The summed E-state index contributed by atoms with van der Waals surface area (Å²) in [6, 6.07) is 0. The minimum atomic E-state index is -0.143. The molecule has 0 N–H and O–H groups in total. The fourth-order valence-corrected chi connectivity index (χ4v) is 3.31. The van der Waals surface area contributed by atoms with Crippen LogP contribution in [-0.2, 0) is 14.2 Å². The molecule has 70 valence electrons. The van der Waals surface area contributed by atoms with E-state index in [1.807, 2.05) is 6.92 Å². The molecule has 0 radical (unpaired) electrons. The van der Waals surface area contributed by atoms with Gasteiger partial charge in [-0.2, -0.15) is 0 Å². The molecule has 0 spiro atoms. The first-order chi connectivity index (χ1) is 5.66. The predicted octanol–water partition coefficient (Wildman–Crippen LogP) is 1.91. The maximum Gasteiger partial charge on any atom is 0.164 e. The first-order valence-electron chi connectivity index (χ1n) is 4.35. The zero-order valence-corrected chi connectivity index (χ0v) is 8.58. The average molecular weight is 190 g/mol. The van der Waals surface area contributed by atoms with E-state index in [2.05, 4.69) is 13.6 Å². The Labute approximate surface area is 74.1 Å². The van der Waals surface area contributed by atoms with E-state index in [0.717, 1.165) is 6.42 Å². The molecule has 2 rings (SSSR count). The molecule has 0 amide bonds. The SMILES string of the molecule is CC1OC2CC(O1)P(C)C(C)O2.